The Morgan fingerprint density at radius 1 is 0.900 bits per heavy atom. The molecule has 1 aliphatic heterocycles. The Morgan fingerprint density at radius 2 is 1.65 bits per heavy atom. The van der Waals surface area contributed by atoms with Crippen molar-refractivity contribution in [2.45, 2.75) is 25.3 Å². The van der Waals surface area contributed by atoms with E-state index >= 15 is 0 Å². The molecular formula is C17H17F2N. The number of piperidine rings is 1. The third-order valence-corrected chi connectivity index (χ3v) is 3.86. The van der Waals surface area contributed by atoms with Crippen LogP contribution < -0.4 is 5.32 Å². The molecule has 0 bridgehead atoms. The molecule has 1 N–H and O–H groups in total. The first-order valence-corrected chi connectivity index (χ1v) is 7.03. The van der Waals surface area contributed by atoms with E-state index in [1.54, 1.807) is 18.2 Å². The number of nitrogens with one attached hydrogen (secondary N) is 1. The Morgan fingerprint density at radius 3 is 2.35 bits per heavy atom. The van der Waals surface area contributed by atoms with E-state index in [9.17, 15) is 8.78 Å². The fourth-order valence-corrected chi connectivity index (χ4v) is 2.75. The lowest BCUT2D eigenvalue weighted by molar-refractivity contribution is 0.400. The van der Waals surface area contributed by atoms with Crippen LogP contribution in [0.1, 0.15) is 30.9 Å². The summed E-state index contributed by atoms with van der Waals surface area (Å²) in [6, 6.07) is 11.5. The molecule has 0 radical (unpaired) electrons. The van der Waals surface area contributed by atoms with Crippen molar-refractivity contribution >= 4 is 0 Å². The third kappa shape index (κ3) is 2.73. The smallest absolute Gasteiger partial charge is 0.128 e. The van der Waals surface area contributed by atoms with Gasteiger partial charge in [-0.05, 0) is 54.8 Å². The van der Waals surface area contributed by atoms with Gasteiger partial charge in [0.15, 0.2) is 0 Å². The van der Waals surface area contributed by atoms with Crippen molar-refractivity contribution in [3.63, 3.8) is 0 Å². The highest BCUT2D eigenvalue weighted by molar-refractivity contribution is 5.64. The maximum Gasteiger partial charge on any atom is 0.128 e. The van der Waals surface area contributed by atoms with Crippen molar-refractivity contribution in [1.29, 1.82) is 0 Å². The Kier molecular flexibility index (Phi) is 3.79. The lowest BCUT2D eigenvalue weighted by Crippen LogP contribution is -2.27. The van der Waals surface area contributed by atoms with Gasteiger partial charge in [0.1, 0.15) is 11.6 Å². The van der Waals surface area contributed by atoms with Crippen LogP contribution in [0.4, 0.5) is 8.78 Å². The van der Waals surface area contributed by atoms with E-state index in [1.165, 1.54) is 18.2 Å². The number of rotatable bonds is 2. The van der Waals surface area contributed by atoms with Crippen molar-refractivity contribution in [3.8, 4) is 11.1 Å². The highest BCUT2D eigenvalue weighted by atomic mass is 19.1. The highest BCUT2D eigenvalue weighted by Crippen LogP contribution is 2.29. The molecule has 1 fully saturated rings. The molecule has 0 amide bonds. The molecule has 0 aromatic heterocycles. The third-order valence-electron chi connectivity index (χ3n) is 3.86. The minimum atomic E-state index is -0.259. The van der Waals surface area contributed by atoms with Crippen molar-refractivity contribution in [1.82, 2.24) is 5.32 Å². The molecule has 1 unspecified atom stereocenters. The fourth-order valence-electron chi connectivity index (χ4n) is 2.75. The van der Waals surface area contributed by atoms with E-state index in [0.29, 0.717) is 5.56 Å². The SMILES string of the molecule is Fc1ccc(-c2ccc(F)c(C3CCCCN3)c2)cc1. The van der Waals surface area contributed by atoms with E-state index in [-0.39, 0.29) is 17.7 Å². The van der Waals surface area contributed by atoms with Crippen LogP contribution in [0.5, 0.6) is 0 Å². The van der Waals surface area contributed by atoms with Crippen LogP contribution in [0, 0.1) is 11.6 Å². The van der Waals surface area contributed by atoms with Crippen LogP contribution in [0.3, 0.4) is 0 Å². The average Bonchev–Trinajstić information content (AvgIpc) is 2.50. The van der Waals surface area contributed by atoms with Crippen molar-refractivity contribution < 1.29 is 8.78 Å². The van der Waals surface area contributed by atoms with Crippen LogP contribution in [0.2, 0.25) is 0 Å². The van der Waals surface area contributed by atoms with Gasteiger partial charge in [-0.1, -0.05) is 24.6 Å². The first-order chi connectivity index (χ1) is 9.74. The monoisotopic (exact) mass is 273 g/mol. The van der Waals surface area contributed by atoms with E-state index in [2.05, 4.69) is 5.32 Å². The van der Waals surface area contributed by atoms with Gasteiger partial charge in [0.25, 0.3) is 0 Å². The van der Waals surface area contributed by atoms with Crippen LogP contribution in [0.15, 0.2) is 42.5 Å². The second-order valence-electron chi connectivity index (χ2n) is 5.25. The van der Waals surface area contributed by atoms with Crippen LogP contribution in [-0.4, -0.2) is 6.54 Å². The zero-order chi connectivity index (χ0) is 13.9. The molecule has 20 heavy (non-hydrogen) atoms. The predicted octanol–water partition coefficient (Wildman–Crippen LogP) is 4.45. The Bertz CT molecular complexity index is 586. The molecule has 3 heteroatoms. The number of hydrogen-bond donors (Lipinski definition) is 1. The molecular weight excluding hydrogens is 256 g/mol. The summed E-state index contributed by atoms with van der Waals surface area (Å²) < 4.78 is 27.0. The van der Waals surface area contributed by atoms with Crippen LogP contribution in [-0.2, 0) is 0 Å². The molecule has 3 rings (SSSR count). The summed E-state index contributed by atoms with van der Waals surface area (Å²) in [4.78, 5) is 0. The summed E-state index contributed by atoms with van der Waals surface area (Å²) >= 11 is 0. The number of benzene rings is 2. The van der Waals surface area contributed by atoms with Crippen molar-refractivity contribution in [2.75, 3.05) is 6.54 Å². The summed E-state index contributed by atoms with van der Waals surface area (Å²) in [5.41, 5.74) is 2.55. The predicted molar refractivity (Wildman–Crippen MR) is 76.4 cm³/mol. The summed E-state index contributed by atoms with van der Waals surface area (Å²) in [6.45, 7) is 0.935. The van der Waals surface area contributed by atoms with Gasteiger partial charge in [0.05, 0.1) is 0 Å². The van der Waals surface area contributed by atoms with Gasteiger partial charge in [-0.2, -0.15) is 0 Å². The van der Waals surface area contributed by atoms with Crippen LogP contribution in [0.25, 0.3) is 11.1 Å². The Hall–Kier alpha value is -1.74. The molecule has 0 saturated carbocycles. The van der Waals surface area contributed by atoms with E-state index in [1.807, 2.05) is 6.07 Å². The molecule has 1 saturated heterocycles. The minimum Gasteiger partial charge on any atom is -0.310 e. The standard InChI is InChI=1S/C17H17F2N/c18-14-7-4-12(5-8-14)13-6-9-16(19)15(11-13)17-3-1-2-10-20-17/h4-9,11,17,20H,1-3,10H2. The van der Waals surface area contributed by atoms with Gasteiger partial charge in [-0.3, -0.25) is 0 Å². The van der Waals surface area contributed by atoms with Gasteiger partial charge < -0.3 is 5.32 Å². The second kappa shape index (κ2) is 5.71. The normalized spacial score (nSPS) is 19.0. The first-order valence-electron chi connectivity index (χ1n) is 7.03. The molecule has 104 valence electrons. The van der Waals surface area contributed by atoms with Gasteiger partial charge in [-0.15, -0.1) is 0 Å². The summed E-state index contributed by atoms with van der Waals surface area (Å²) in [5, 5.41) is 3.36. The largest absolute Gasteiger partial charge is 0.310 e. The number of halogens is 2. The molecule has 2 aromatic rings. The lowest BCUT2D eigenvalue weighted by Gasteiger charge is -2.24. The zero-order valence-electron chi connectivity index (χ0n) is 11.2. The molecule has 0 aliphatic carbocycles. The molecule has 0 spiro atoms. The van der Waals surface area contributed by atoms with Gasteiger partial charge in [-0.25, -0.2) is 8.78 Å². The summed E-state index contributed by atoms with van der Waals surface area (Å²) in [5.74, 6) is -0.430. The zero-order valence-corrected chi connectivity index (χ0v) is 11.2. The second-order valence-corrected chi connectivity index (χ2v) is 5.25. The maximum absolute atomic E-state index is 14.0. The molecule has 1 heterocycles. The Balaban J connectivity index is 1.95. The summed E-state index contributed by atoms with van der Waals surface area (Å²) in [6.07, 6.45) is 3.23. The topological polar surface area (TPSA) is 12.0 Å². The lowest BCUT2D eigenvalue weighted by atomic mass is 9.94. The molecule has 1 nitrogen and oxygen atoms in total. The van der Waals surface area contributed by atoms with E-state index in [4.69, 9.17) is 0 Å². The molecule has 1 atom stereocenters. The van der Waals surface area contributed by atoms with Crippen molar-refractivity contribution in [2.24, 2.45) is 0 Å². The highest BCUT2D eigenvalue weighted by Gasteiger charge is 2.18. The minimum absolute atomic E-state index is 0.0872. The first kappa shape index (κ1) is 13.3. The summed E-state index contributed by atoms with van der Waals surface area (Å²) in [7, 11) is 0. The van der Waals surface area contributed by atoms with Gasteiger partial charge in [0.2, 0.25) is 0 Å². The van der Waals surface area contributed by atoms with Crippen molar-refractivity contribution in [3.05, 3.63) is 59.7 Å². The van der Waals surface area contributed by atoms with Crippen LogP contribution >= 0.6 is 0 Å². The number of hydrogen-bond acceptors (Lipinski definition) is 1. The maximum atomic E-state index is 14.0. The molecule has 1 aliphatic rings. The average molecular weight is 273 g/mol. The molecule has 2 aromatic carbocycles. The van der Waals surface area contributed by atoms with E-state index in [0.717, 1.165) is 36.9 Å². The van der Waals surface area contributed by atoms with Gasteiger partial charge >= 0.3 is 0 Å². The fraction of sp³-hybridized carbons (Fsp3) is 0.294. The quantitative estimate of drug-likeness (QED) is 0.852. The van der Waals surface area contributed by atoms with Gasteiger partial charge in [0, 0.05) is 11.6 Å². The Labute approximate surface area is 117 Å². The van der Waals surface area contributed by atoms with E-state index < -0.39 is 0 Å².